The number of halogens is 1. The van der Waals surface area contributed by atoms with Gasteiger partial charge in [-0.15, -0.1) is 0 Å². The summed E-state index contributed by atoms with van der Waals surface area (Å²) >= 11 is 3.27. The third kappa shape index (κ3) is 3.78. The molecule has 110 valence electrons. The summed E-state index contributed by atoms with van der Waals surface area (Å²) in [5.74, 6) is 0.688. The predicted molar refractivity (Wildman–Crippen MR) is 87.7 cm³/mol. The fraction of sp³-hybridized carbons (Fsp3) is 0.267. The number of carbonyl (C=O) groups is 1. The number of aromatic nitrogens is 2. The van der Waals surface area contributed by atoms with Crippen molar-refractivity contribution in [1.29, 1.82) is 0 Å². The van der Waals surface area contributed by atoms with Gasteiger partial charge in [0.1, 0.15) is 10.4 Å². The summed E-state index contributed by atoms with van der Waals surface area (Å²) in [5.41, 5.74) is 1.15. The molecule has 2 rings (SSSR count). The smallest absolute Gasteiger partial charge is 0.258 e. The highest BCUT2D eigenvalue weighted by atomic mass is 79.9. The third-order valence-corrected chi connectivity index (χ3v) is 3.73. The van der Waals surface area contributed by atoms with E-state index in [9.17, 15) is 4.79 Å². The molecule has 0 unspecified atom stereocenters. The van der Waals surface area contributed by atoms with Crippen LogP contribution in [0.15, 0.2) is 41.3 Å². The molecule has 6 heteroatoms. The Bertz CT molecular complexity index is 611. The van der Waals surface area contributed by atoms with Crippen molar-refractivity contribution in [2.45, 2.75) is 13.8 Å². The van der Waals surface area contributed by atoms with Gasteiger partial charge in [0.15, 0.2) is 0 Å². The Hall–Kier alpha value is -1.95. The van der Waals surface area contributed by atoms with Crippen molar-refractivity contribution in [3.63, 3.8) is 0 Å². The summed E-state index contributed by atoms with van der Waals surface area (Å²) in [6.07, 6.45) is 3.29. The zero-order valence-electron chi connectivity index (χ0n) is 12.0. The van der Waals surface area contributed by atoms with E-state index in [2.05, 4.69) is 50.0 Å². The molecule has 0 aliphatic rings. The standard InChI is InChI=1S/C15H17BrN4O/c1-3-20(4-2)13-8-7-11(10-18-13)19-15(21)12-6-5-9-17-14(12)16/h5-10H,3-4H2,1-2H3,(H,19,21). The molecular formula is C15H17BrN4O. The van der Waals surface area contributed by atoms with Crippen LogP contribution in [0.2, 0.25) is 0 Å². The molecule has 0 fully saturated rings. The lowest BCUT2D eigenvalue weighted by atomic mass is 10.2. The van der Waals surface area contributed by atoms with E-state index in [-0.39, 0.29) is 5.91 Å². The molecule has 1 N–H and O–H groups in total. The van der Waals surface area contributed by atoms with Gasteiger partial charge in [-0.25, -0.2) is 9.97 Å². The Kier molecular flexibility index (Phi) is 5.27. The predicted octanol–water partition coefficient (Wildman–Crippen LogP) is 3.34. The maximum absolute atomic E-state index is 12.1. The van der Waals surface area contributed by atoms with Gasteiger partial charge < -0.3 is 10.2 Å². The van der Waals surface area contributed by atoms with E-state index in [0.717, 1.165) is 18.9 Å². The van der Waals surface area contributed by atoms with Crippen LogP contribution in [0, 0.1) is 0 Å². The second kappa shape index (κ2) is 7.17. The Morgan fingerprint density at radius 1 is 1.24 bits per heavy atom. The first-order valence-corrected chi connectivity index (χ1v) is 7.57. The number of nitrogens with zero attached hydrogens (tertiary/aromatic N) is 3. The van der Waals surface area contributed by atoms with E-state index < -0.39 is 0 Å². The monoisotopic (exact) mass is 348 g/mol. The minimum absolute atomic E-state index is 0.215. The molecule has 2 aromatic rings. The van der Waals surface area contributed by atoms with Crippen molar-refractivity contribution in [3.8, 4) is 0 Å². The highest BCUT2D eigenvalue weighted by Crippen LogP contribution is 2.17. The maximum Gasteiger partial charge on any atom is 0.258 e. The second-order valence-corrected chi connectivity index (χ2v) is 5.12. The van der Waals surface area contributed by atoms with E-state index in [1.165, 1.54) is 0 Å². The lowest BCUT2D eigenvalue weighted by Crippen LogP contribution is -2.23. The summed E-state index contributed by atoms with van der Waals surface area (Å²) in [4.78, 5) is 22.7. The van der Waals surface area contributed by atoms with E-state index in [1.54, 1.807) is 24.5 Å². The minimum Gasteiger partial charge on any atom is -0.357 e. The normalized spacial score (nSPS) is 10.2. The highest BCUT2D eigenvalue weighted by molar-refractivity contribution is 9.10. The van der Waals surface area contributed by atoms with Crippen LogP contribution in [-0.4, -0.2) is 29.0 Å². The topological polar surface area (TPSA) is 58.1 Å². The molecule has 0 atom stereocenters. The minimum atomic E-state index is -0.215. The molecule has 0 saturated heterocycles. The molecule has 0 spiro atoms. The number of anilines is 2. The summed E-state index contributed by atoms with van der Waals surface area (Å²) < 4.78 is 0.523. The fourth-order valence-corrected chi connectivity index (χ4v) is 2.38. The van der Waals surface area contributed by atoms with Crippen LogP contribution in [0.4, 0.5) is 11.5 Å². The zero-order chi connectivity index (χ0) is 15.2. The van der Waals surface area contributed by atoms with Gasteiger partial charge in [0, 0.05) is 19.3 Å². The van der Waals surface area contributed by atoms with Crippen LogP contribution in [0.5, 0.6) is 0 Å². The van der Waals surface area contributed by atoms with Crippen LogP contribution in [0.1, 0.15) is 24.2 Å². The first kappa shape index (κ1) is 15.4. The van der Waals surface area contributed by atoms with Crippen LogP contribution in [-0.2, 0) is 0 Å². The van der Waals surface area contributed by atoms with Gasteiger partial charge >= 0.3 is 0 Å². The van der Waals surface area contributed by atoms with E-state index in [0.29, 0.717) is 15.9 Å². The molecule has 0 aliphatic carbocycles. The number of hydrogen-bond acceptors (Lipinski definition) is 4. The summed E-state index contributed by atoms with van der Waals surface area (Å²) in [6, 6.07) is 7.19. The van der Waals surface area contributed by atoms with Gasteiger partial charge in [-0.05, 0) is 54.0 Å². The van der Waals surface area contributed by atoms with Crippen molar-refractivity contribution >= 4 is 33.3 Å². The van der Waals surface area contributed by atoms with Gasteiger partial charge in [0.2, 0.25) is 0 Å². The second-order valence-electron chi connectivity index (χ2n) is 4.37. The maximum atomic E-state index is 12.1. The lowest BCUT2D eigenvalue weighted by molar-refractivity contribution is 0.102. The first-order chi connectivity index (χ1) is 10.2. The summed E-state index contributed by atoms with van der Waals surface area (Å²) in [6.45, 7) is 5.97. The Balaban J connectivity index is 2.10. The Morgan fingerprint density at radius 3 is 2.57 bits per heavy atom. The average molecular weight is 349 g/mol. The number of carbonyl (C=O) groups excluding carboxylic acids is 1. The molecule has 2 aromatic heterocycles. The molecule has 0 aromatic carbocycles. The number of amides is 1. The van der Waals surface area contributed by atoms with Gasteiger partial charge in [0.05, 0.1) is 17.4 Å². The summed E-state index contributed by atoms with van der Waals surface area (Å²) in [5, 5.41) is 2.81. The Labute approximate surface area is 132 Å². The van der Waals surface area contributed by atoms with Gasteiger partial charge in [-0.2, -0.15) is 0 Å². The van der Waals surface area contributed by atoms with E-state index >= 15 is 0 Å². The van der Waals surface area contributed by atoms with Crippen LogP contribution < -0.4 is 10.2 Å². The zero-order valence-corrected chi connectivity index (χ0v) is 13.6. The van der Waals surface area contributed by atoms with Gasteiger partial charge in [-0.1, -0.05) is 0 Å². The highest BCUT2D eigenvalue weighted by Gasteiger charge is 2.11. The number of pyridine rings is 2. The quantitative estimate of drug-likeness (QED) is 0.842. The van der Waals surface area contributed by atoms with Crippen molar-refractivity contribution < 1.29 is 4.79 Å². The summed E-state index contributed by atoms with van der Waals surface area (Å²) in [7, 11) is 0. The van der Waals surface area contributed by atoms with Crippen molar-refractivity contribution in [2.24, 2.45) is 0 Å². The SMILES string of the molecule is CCN(CC)c1ccc(NC(=O)c2cccnc2Br)cn1. The van der Waals surface area contributed by atoms with Crippen molar-refractivity contribution in [1.82, 2.24) is 9.97 Å². The molecule has 1 amide bonds. The fourth-order valence-electron chi connectivity index (χ4n) is 1.95. The number of nitrogens with one attached hydrogen (secondary N) is 1. The molecule has 5 nitrogen and oxygen atoms in total. The molecule has 0 saturated carbocycles. The number of hydrogen-bond donors (Lipinski definition) is 1. The van der Waals surface area contributed by atoms with Crippen molar-refractivity contribution in [2.75, 3.05) is 23.3 Å². The number of rotatable bonds is 5. The largest absolute Gasteiger partial charge is 0.357 e. The van der Waals surface area contributed by atoms with Gasteiger partial charge in [-0.3, -0.25) is 4.79 Å². The van der Waals surface area contributed by atoms with Crippen LogP contribution in [0.3, 0.4) is 0 Å². The van der Waals surface area contributed by atoms with E-state index in [1.807, 2.05) is 12.1 Å². The molecule has 0 bridgehead atoms. The van der Waals surface area contributed by atoms with Crippen LogP contribution >= 0.6 is 15.9 Å². The third-order valence-electron chi connectivity index (χ3n) is 3.10. The lowest BCUT2D eigenvalue weighted by Gasteiger charge is -2.19. The molecule has 2 heterocycles. The van der Waals surface area contributed by atoms with E-state index in [4.69, 9.17) is 0 Å². The van der Waals surface area contributed by atoms with Gasteiger partial charge in [0.25, 0.3) is 5.91 Å². The molecule has 0 aliphatic heterocycles. The molecule has 0 radical (unpaired) electrons. The molecular weight excluding hydrogens is 332 g/mol. The Morgan fingerprint density at radius 2 is 2.00 bits per heavy atom. The molecule has 21 heavy (non-hydrogen) atoms. The van der Waals surface area contributed by atoms with Crippen LogP contribution in [0.25, 0.3) is 0 Å². The van der Waals surface area contributed by atoms with Crippen molar-refractivity contribution in [3.05, 3.63) is 46.8 Å². The first-order valence-electron chi connectivity index (χ1n) is 6.78. The average Bonchev–Trinajstić information content (AvgIpc) is 2.50.